The summed E-state index contributed by atoms with van der Waals surface area (Å²) in [6.07, 6.45) is 5.90. The molecule has 0 radical (unpaired) electrons. The number of nitrogens with zero attached hydrogens (tertiary/aromatic N) is 1. The molecule has 2 fully saturated rings. The summed E-state index contributed by atoms with van der Waals surface area (Å²) in [5.74, 6) is 1.06. The molecule has 58 valence electrons. The van der Waals surface area contributed by atoms with Crippen LogP contribution in [0.5, 0.6) is 0 Å². The molecule has 1 aliphatic carbocycles. The molecule has 0 aromatic heterocycles. The van der Waals surface area contributed by atoms with Crippen LogP contribution in [-0.4, -0.2) is 24.0 Å². The van der Waals surface area contributed by atoms with Crippen LogP contribution in [0.15, 0.2) is 0 Å². The summed E-state index contributed by atoms with van der Waals surface area (Å²) in [6, 6.07) is 1.81. The first kappa shape index (κ1) is 6.66. The second-order valence-corrected chi connectivity index (χ2v) is 4.01. The van der Waals surface area contributed by atoms with Gasteiger partial charge in [0.25, 0.3) is 0 Å². The zero-order valence-electron chi connectivity index (χ0n) is 7.01. The average Bonchev–Trinajstić information content (AvgIpc) is 2.41. The van der Waals surface area contributed by atoms with E-state index in [0.29, 0.717) is 0 Å². The monoisotopic (exact) mass is 139 g/mol. The number of hydrogen-bond acceptors (Lipinski definition) is 1. The van der Waals surface area contributed by atoms with Crippen molar-refractivity contribution < 1.29 is 0 Å². The van der Waals surface area contributed by atoms with Crippen molar-refractivity contribution in [1.29, 1.82) is 0 Å². The molecule has 0 aromatic rings. The second-order valence-electron chi connectivity index (χ2n) is 4.01. The first-order chi connectivity index (χ1) is 4.79. The van der Waals surface area contributed by atoms with Gasteiger partial charge in [0.05, 0.1) is 0 Å². The second kappa shape index (κ2) is 2.23. The van der Waals surface area contributed by atoms with Crippen molar-refractivity contribution >= 4 is 0 Å². The first-order valence-electron chi connectivity index (χ1n) is 4.51. The molecule has 1 nitrogen and oxygen atoms in total. The Kier molecular flexibility index (Phi) is 1.48. The topological polar surface area (TPSA) is 3.24 Å². The van der Waals surface area contributed by atoms with E-state index in [1.165, 1.54) is 25.7 Å². The van der Waals surface area contributed by atoms with E-state index in [2.05, 4.69) is 18.9 Å². The highest BCUT2D eigenvalue weighted by Crippen LogP contribution is 2.39. The quantitative estimate of drug-likeness (QED) is 0.495. The van der Waals surface area contributed by atoms with Crippen LogP contribution in [0.4, 0.5) is 0 Å². The normalized spacial score (nSPS) is 48.0. The van der Waals surface area contributed by atoms with Crippen molar-refractivity contribution in [3.8, 4) is 0 Å². The molecule has 1 heterocycles. The standard InChI is InChI=1S/C9H17N/c1-7-6-8-4-3-5-9(8)10(7)2/h7-9H,3-6H2,1-2H3/t7-,8+,9+/m0/s1. The van der Waals surface area contributed by atoms with Gasteiger partial charge in [-0.3, -0.25) is 0 Å². The minimum Gasteiger partial charge on any atom is -0.300 e. The molecule has 1 heteroatoms. The van der Waals surface area contributed by atoms with Crippen molar-refractivity contribution in [3.05, 3.63) is 0 Å². The van der Waals surface area contributed by atoms with E-state index in [9.17, 15) is 0 Å². The zero-order chi connectivity index (χ0) is 7.14. The first-order valence-corrected chi connectivity index (χ1v) is 4.51. The number of fused-ring (bicyclic) bond motifs is 1. The Morgan fingerprint density at radius 2 is 2.10 bits per heavy atom. The molecule has 0 unspecified atom stereocenters. The van der Waals surface area contributed by atoms with Gasteiger partial charge in [-0.15, -0.1) is 0 Å². The maximum absolute atomic E-state index is 2.58. The molecule has 0 spiro atoms. The lowest BCUT2D eigenvalue weighted by atomic mass is 10.0. The predicted molar refractivity (Wildman–Crippen MR) is 43.0 cm³/mol. The average molecular weight is 139 g/mol. The van der Waals surface area contributed by atoms with Gasteiger partial charge in [0, 0.05) is 12.1 Å². The van der Waals surface area contributed by atoms with Gasteiger partial charge in [-0.05, 0) is 39.2 Å². The van der Waals surface area contributed by atoms with Crippen LogP contribution in [0.25, 0.3) is 0 Å². The summed E-state index contributed by atoms with van der Waals surface area (Å²) in [5.41, 5.74) is 0. The highest BCUT2D eigenvalue weighted by molar-refractivity contribution is 4.93. The lowest BCUT2D eigenvalue weighted by Crippen LogP contribution is -2.30. The summed E-state index contributed by atoms with van der Waals surface area (Å²) in [6.45, 7) is 2.36. The van der Waals surface area contributed by atoms with Gasteiger partial charge in [0.2, 0.25) is 0 Å². The van der Waals surface area contributed by atoms with Crippen molar-refractivity contribution in [2.45, 2.75) is 44.7 Å². The maximum Gasteiger partial charge on any atom is 0.0124 e. The van der Waals surface area contributed by atoms with Gasteiger partial charge in [-0.2, -0.15) is 0 Å². The van der Waals surface area contributed by atoms with Gasteiger partial charge in [-0.1, -0.05) is 6.42 Å². The summed E-state index contributed by atoms with van der Waals surface area (Å²) in [4.78, 5) is 2.58. The van der Waals surface area contributed by atoms with Crippen LogP contribution in [0.3, 0.4) is 0 Å². The molecule has 1 saturated heterocycles. The highest BCUT2D eigenvalue weighted by Gasteiger charge is 2.39. The molecule has 1 saturated carbocycles. The summed E-state index contributed by atoms with van der Waals surface area (Å²) in [5, 5.41) is 0. The zero-order valence-corrected chi connectivity index (χ0v) is 7.01. The Labute approximate surface area is 63.4 Å². The van der Waals surface area contributed by atoms with E-state index < -0.39 is 0 Å². The van der Waals surface area contributed by atoms with Crippen molar-refractivity contribution in [2.24, 2.45) is 5.92 Å². The Bertz CT molecular complexity index is 131. The Balaban J connectivity index is 2.09. The smallest absolute Gasteiger partial charge is 0.0124 e. The van der Waals surface area contributed by atoms with E-state index in [0.717, 1.165) is 18.0 Å². The van der Waals surface area contributed by atoms with Crippen LogP contribution in [-0.2, 0) is 0 Å². The van der Waals surface area contributed by atoms with Gasteiger partial charge in [0.15, 0.2) is 0 Å². The molecule has 0 amide bonds. The molecule has 0 N–H and O–H groups in total. The highest BCUT2D eigenvalue weighted by atomic mass is 15.2. The third-order valence-electron chi connectivity index (χ3n) is 3.48. The van der Waals surface area contributed by atoms with Crippen molar-refractivity contribution in [1.82, 2.24) is 4.90 Å². The van der Waals surface area contributed by atoms with Crippen LogP contribution in [0.1, 0.15) is 32.6 Å². The SMILES string of the molecule is C[C@H]1C[C@H]2CCC[C@H]2N1C. The van der Waals surface area contributed by atoms with Crippen LogP contribution in [0, 0.1) is 5.92 Å². The van der Waals surface area contributed by atoms with Gasteiger partial charge in [-0.25, -0.2) is 0 Å². The molecular formula is C9H17N. The lowest BCUT2D eigenvalue weighted by Gasteiger charge is -2.21. The van der Waals surface area contributed by atoms with Crippen LogP contribution >= 0.6 is 0 Å². The molecular weight excluding hydrogens is 122 g/mol. The van der Waals surface area contributed by atoms with Gasteiger partial charge in [0.1, 0.15) is 0 Å². The van der Waals surface area contributed by atoms with E-state index in [-0.39, 0.29) is 0 Å². The molecule has 0 bridgehead atoms. The fourth-order valence-corrected chi connectivity index (χ4v) is 2.76. The Hall–Kier alpha value is -0.0400. The third-order valence-corrected chi connectivity index (χ3v) is 3.48. The van der Waals surface area contributed by atoms with Crippen molar-refractivity contribution in [2.75, 3.05) is 7.05 Å². The van der Waals surface area contributed by atoms with Crippen LogP contribution < -0.4 is 0 Å². The molecule has 1 aliphatic heterocycles. The van der Waals surface area contributed by atoms with Gasteiger partial charge < -0.3 is 4.90 Å². The molecule has 3 atom stereocenters. The van der Waals surface area contributed by atoms with Crippen molar-refractivity contribution in [3.63, 3.8) is 0 Å². The predicted octanol–water partition coefficient (Wildman–Crippen LogP) is 1.88. The van der Waals surface area contributed by atoms with E-state index >= 15 is 0 Å². The molecule has 2 rings (SSSR count). The Morgan fingerprint density at radius 1 is 1.30 bits per heavy atom. The summed E-state index contributed by atoms with van der Waals surface area (Å²) >= 11 is 0. The van der Waals surface area contributed by atoms with Gasteiger partial charge >= 0.3 is 0 Å². The number of rotatable bonds is 0. The third kappa shape index (κ3) is 0.800. The summed E-state index contributed by atoms with van der Waals surface area (Å²) in [7, 11) is 2.29. The van der Waals surface area contributed by atoms with E-state index in [1.807, 2.05) is 0 Å². The lowest BCUT2D eigenvalue weighted by molar-refractivity contribution is 0.245. The molecule has 2 aliphatic rings. The summed E-state index contributed by atoms with van der Waals surface area (Å²) < 4.78 is 0. The number of likely N-dealkylation sites (tertiary alicyclic amines) is 1. The fourth-order valence-electron chi connectivity index (χ4n) is 2.76. The maximum atomic E-state index is 2.58. The van der Waals surface area contributed by atoms with E-state index in [1.54, 1.807) is 0 Å². The Morgan fingerprint density at radius 3 is 2.80 bits per heavy atom. The number of hydrogen-bond donors (Lipinski definition) is 0. The largest absolute Gasteiger partial charge is 0.300 e. The van der Waals surface area contributed by atoms with Crippen LogP contribution in [0.2, 0.25) is 0 Å². The fraction of sp³-hybridized carbons (Fsp3) is 1.00. The minimum absolute atomic E-state index is 0.857. The molecule has 0 aromatic carbocycles. The van der Waals surface area contributed by atoms with E-state index in [4.69, 9.17) is 0 Å². The molecule has 10 heavy (non-hydrogen) atoms. The minimum atomic E-state index is 0.857.